The van der Waals surface area contributed by atoms with Crippen molar-refractivity contribution in [2.45, 2.75) is 20.0 Å². The van der Waals surface area contributed by atoms with Crippen molar-refractivity contribution >= 4 is 21.8 Å². The predicted molar refractivity (Wildman–Crippen MR) is 241 cm³/mol. The Labute approximate surface area is 351 Å². The van der Waals surface area contributed by atoms with Gasteiger partial charge in [-0.1, -0.05) is 163 Å². The van der Waals surface area contributed by atoms with Crippen molar-refractivity contribution in [3.63, 3.8) is 0 Å². The molecule has 10 aromatic rings. The number of hydrogen-bond donors (Lipinski definition) is 0. The summed E-state index contributed by atoms with van der Waals surface area (Å²) in [6.45, 7) is 4.15. The first-order valence-corrected chi connectivity index (χ1v) is 20.1. The third kappa shape index (κ3) is 7.14. The van der Waals surface area contributed by atoms with E-state index in [9.17, 15) is 0 Å². The van der Waals surface area contributed by atoms with E-state index < -0.39 is 11.7 Å². The molecule has 0 spiro atoms. The molecule has 61 heavy (non-hydrogen) atoms. The Kier molecular flexibility index (Phi) is 9.37. The van der Waals surface area contributed by atoms with E-state index in [2.05, 4.69) is 103 Å². The number of aryl methyl sites for hydroxylation is 2. The standard InChI is InChI=1S/C54H37F3N4/c1-34-13-11-19-38(29-34)40-23-26-44-45-27-24-41(39-20-12-14-35(2)30-39)32-50(45)61(49(44)31-40)42-25-28-46(47(33-42)43-21-9-10-22-48(43)54(55,56)57)53-59-51(36-15-5-3-6-16-36)58-52(60-53)37-17-7-4-8-18-37/h3-33H,1-2H3. The molecule has 0 unspecified atom stereocenters. The van der Waals surface area contributed by atoms with Gasteiger partial charge in [0.25, 0.3) is 0 Å². The average molecular weight is 799 g/mol. The predicted octanol–water partition coefficient (Wildman–Crippen LogP) is 14.6. The van der Waals surface area contributed by atoms with E-state index in [0.717, 1.165) is 72.4 Å². The Bertz CT molecular complexity index is 3100. The fraction of sp³-hybridized carbons (Fsp3) is 0.0556. The molecule has 2 heterocycles. The zero-order valence-corrected chi connectivity index (χ0v) is 33.3. The first-order valence-electron chi connectivity index (χ1n) is 20.1. The van der Waals surface area contributed by atoms with Crippen LogP contribution in [0, 0.1) is 13.8 Å². The molecular weight excluding hydrogens is 762 g/mol. The van der Waals surface area contributed by atoms with Crippen molar-refractivity contribution in [2.24, 2.45) is 0 Å². The molecule has 294 valence electrons. The van der Waals surface area contributed by atoms with Crippen molar-refractivity contribution in [3.05, 3.63) is 205 Å². The van der Waals surface area contributed by atoms with Crippen LogP contribution >= 0.6 is 0 Å². The zero-order chi connectivity index (χ0) is 41.7. The maximum Gasteiger partial charge on any atom is 0.417 e. The molecule has 0 radical (unpaired) electrons. The van der Waals surface area contributed by atoms with Crippen LogP contribution in [0.25, 0.3) is 95.0 Å². The molecule has 0 aliphatic heterocycles. The lowest BCUT2D eigenvalue weighted by Crippen LogP contribution is -2.08. The smallest absolute Gasteiger partial charge is 0.309 e. The molecule has 0 bridgehead atoms. The number of benzene rings is 8. The van der Waals surface area contributed by atoms with E-state index in [-0.39, 0.29) is 11.4 Å². The van der Waals surface area contributed by atoms with Gasteiger partial charge in [0.1, 0.15) is 0 Å². The summed E-state index contributed by atoms with van der Waals surface area (Å²) in [7, 11) is 0. The van der Waals surface area contributed by atoms with Gasteiger partial charge in [-0.2, -0.15) is 13.2 Å². The minimum atomic E-state index is -4.63. The highest BCUT2D eigenvalue weighted by atomic mass is 19.4. The Balaban J connectivity index is 1.27. The Morgan fingerprint density at radius 2 is 0.852 bits per heavy atom. The molecule has 4 nitrogen and oxygen atoms in total. The van der Waals surface area contributed by atoms with Crippen LogP contribution in [0.2, 0.25) is 0 Å². The normalized spacial score (nSPS) is 11.7. The van der Waals surface area contributed by atoms with Crippen molar-refractivity contribution in [1.82, 2.24) is 19.5 Å². The number of halogens is 3. The largest absolute Gasteiger partial charge is 0.417 e. The van der Waals surface area contributed by atoms with Gasteiger partial charge in [-0.3, -0.25) is 0 Å². The van der Waals surface area contributed by atoms with Gasteiger partial charge in [0.2, 0.25) is 0 Å². The van der Waals surface area contributed by atoms with Gasteiger partial charge in [-0.15, -0.1) is 0 Å². The molecule has 0 saturated heterocycles. The fourth-order valence-electron chi connectivity index (χ4n) is 8.29. The highest BCUT2D eigenvalue weighted by Gasteiger charge is 2.34. The van der Waals surface area contributed by atoms with Gasteiger partial charge < -0.3 is 4.57 Å². The van der Waals surface area contributed by atoms with Crippen LogP contribution in [-0.2, 0) is 6.18 Å². The van der Waals surface area contributed by atoms with E-state index in [4.69, 9.17) is 15.0 Å². The Morgan fingerprint density at radius 3 is 1.38 bits per heavy atom. The van der Waals surface area contributed by atoms with Gasteiger partial charge in [0.15, 0.2) is 17.5 Å². The van der Waals surface area contributed by atoms with E-state index in [0.29, 0.717) is 28.5 Å². The second kappa shape index (κ2) is 15.2. The first-order chi connectivity index (χ1) is 29.7. The molecule has 2 aromatic heterocycles. The molecule has 0 aliphatic rings. The molecule has 0 saturated carbocycles. The van der Waals surface area contributed by atoms with Gasteiger partial charge in [-0.25, -0.2) is 15.0 Å². The number of alkyl halides is 3. The molecule has 10 rings (SSSR count). The van der Waals surface area contributed by atoms with Crippen LogP contribution in [0.1, 0.15) is 16.7 Å². The molecule has 8 aromatic carbocycles. The minimum Gasteiger partial charge on any atom is -0.309 e. The number of fused-ring (bicyclic) bond motifs is 3. The summed E-state index contributed by atoms with van der Waals surface area (Å²) in [5.74, 6) is 1.09. The topological polar surface area (TPSA) is 43.6 Å². The number of hydrogen-bond acceptors (Lipinski definition) is 3. The third-order valence-electron chi connectivity index (χ3n) is 11.2. The van der Waals surface area contributed by atoms with E-state index >= 15 is 13.2 Å². The van der Waals surface area contributed by atoms with Crippen molar-refractivity contribution in [3.8, 4) is 73.2 Å². The highest BCUT2D eigenvalue weighted by Crippen LogP contribution is 2.43. The summed E-state index contributed by atoms with van der Waals surface area (Å²) in [5, 5.41) is 2.06. The molecule has 0 aliphatic carbocycles. The van der Waals surface area contributed by atoms with Gasteiger partial charge >= 0.3 is 6.18 Å². The van der Waals surface area contributed by atoms with Crippen LogP contribution in [0.15, 0.2) is 188 Å². The average Bonchev–Trinajstić information content (AvgIpc) is 3.62. The third-order valence-corrected chi connectivity index (χ3v) is 11.2. The molecule has 7 heteroatoms. The van der Waals surface area contributed by atoms with E-state index in [1.165, 1.54) is 12.1 Å². The summed E-state index contributed by atoms with van der Waals surface area (Å²) < 4.78 is 47.3. The molecule has 0 fully saturated rings. The summed E-state index contributed by atoms with van der Waals surface area (Å²) in [5.41, 5.74) is 10.6. The van der Waals surface area contributed by atoms with E-state index in [1.807, 2.05) is 78.9 Å². The maximum atomic E-state index is 15.1. The summed E-state index contributed by atoms with van der Waals surface area (Å²) in [4.78, 5) is 14.8. The maximum absolute atomic E-state index is 15.1. The van der Waals surface area contributed by atoms with Gasteiger partial charge in [-0.05, 0) is 83.6 Å². The molecular formula is C54H37F3N4. The van der Waals surface area contributed by atoms with Crippen LogP contribution < -0.4 is 0 Å². The SMILES string of the molecule is Cc1cccc(-c2ccc3c4ccc(-c5cccc(C)c5)cc4n(-c4ccc(-c5nc(-c6ccccc6)nc(-c6ccccc6)n5)c(-c5ccccc5C(F)(F)F)c4)c3c2)c1. The van der Waals surface area contributed by atoms with Gasteiger partial charge in [0.05, 0.1) is 16.6 Å². The first kappa shape index (κ1) is 37.6. The highest BCUT2D eigenvalue weighted by molar-refractivity contribution is 6.11. The molecule has 0 N–H and O–H groups in total. The number of aromatic nitrogens is 4. The monoisotopic (exact) mass is 798 g/mol. The molecule has 0 atom stereocenters. The summed E-state index contributed by atoms with van der Waals surface area (Å²) in [6.07, 6.45) is -4.63. The summed E-state index contributed by atoms with van der Waals surface area (Å²) >= 11 is 0. The second-order valence-electron chi connectivity index (χ2n) is 15.3. The Morgan fingerprint density at radius 1 is 0.377 bits per heavy atom. The minimum absolute atomic E-state index is 0.0245. The van der Waals surface area contributed by atoms with Crippen LogP contribution in [-0.4, -0.2) is 19.5 Å². The quantitative estimate of drug-likeness (QED) is 0.161. The van der Waals surface area contributed by atoms with Crippen LogP contribution in [0.5, 0.6) is 0 Å². The molecule has 0 amide bonds. The summed E-state index contributed by atoms with van der Waals surface area (Å²) in [6, 6.07) is 60.2. The van der Waals surface area contributed by atoms with Crippen molar-refractivity contribution < 1.29 is 13.2 Å². The zero-order valence-electron chi connectivity index (χ0n) is 33.3. The van der Waals surface area contributed by atoms with Crippen molar-refractivity contribution in [1.29, 1.82) is 0 Å². The van der Waals surface area contributed by atoms with Crippen LogP contribution in [0.3, 0.4) is 0 Å². The lowest BCUT2D eigenvalue weighted by atomic mass is 9.93. The van der Waals surface area contributed by atoms with Crippen LogP contribution in [0.4, 0.5) is 13.2 Å². The van der Waals surface area contributed by atoms with Crippen molar-refractivity contribution in [2.75, 3.05) is 0 Å². The van der Waals surface area contributed by atoms with E-state index in [1.54, 1.807) is 6.07 Å². The Hall–Kier alpha value is -7.64. The lowest BCUT2D eigenvalue weighted by Gasteiger charge is -2.18. The lowest BCUT2D eigenvalue weighted by molar-refractivity contribution is -0.137. The number of rotatable bonds is 7. The number of nitrogens with zero attached hydrogens (tertiary/aromatic N) is 4. The fourth-order valence-corrected chi connectivity index (χ4v) is 8.29. The second-order valence-corrected chi connectivity index (χ2v) is 15.3. The van der Waals surface area contributed by atoms with Gasteiger partial charge in [0, 0.05) is 33.2 Å².